The minimum Gasteiger partial charge on any atom is -0.427 e. The van der Waals surface area contributed by atoms with Gasteiger partial charge in [0, 0.05) is 17.0 Å². The van der Waals surface area contributed by atoms with Crippen LogP contribution in [0, 0.1) is 0 Å². The molecule has 100 valence electrons. The van der Waals surface area contributed by atoms with Crippen LogP contribution in [0.25, 0.3) is 0 Å². The molecule has 1 aromatic rings. The van der Waals surface area contributed by atoms with Gasteiger partial charge in [0.2, 0.25) is 0 Å². The molecule has 0 atom stereocenters. The lowest BCUT2D eigenvalue weighted by molar-refractivity contribution is -0.131. The molecule has 5 nitrogen and oxygen atoms in total. The van der Waals surface area contributed by atoms with Gasteiger partial charge >= 0.3 is 19.2 Å². The van der Waals surface area contributed by atoms with Crippen molar-refractivity contribution in [2.75, 3.05) is 0 Å². The molecule has 0 aliphatic rings. The monoisotopic (exact) mass is 344 g/mol. The Hall–Kier alpha value is -0.820. The molecule has 0 aliphatic carbocycles. The number of benzene rings is 1. The van der Waals surface area contributed by atoms with Gasteiger partial charge in [-0.15, -0.1) is 0 Å². The van der Waals surface area contributed by atoms with Crippen LogP contribution in [0.2, 0.25) is 0 Å². The lowest BCUT2D eigenvalue weighted by Gasteiger charge is -2.19. The highest BCUT2D eigenvalue weighted by molar-refractivity contribution is 9.10. The van der Waals surface area contributed by atoms with Crippen molar-refractivity contribution in [3.8, 4) is 5.75 Å². The third kappa shape index (κ3) is 3.14. The number of carbonyl (C=O) groups is 1. The Morgan fingerprint density at radius 1 is 1.44 bits per heavy atom. The van der Waals surface area contributed by atoms with E-state index in [-0.39, 0.29) is 10.2 Å². The van der Waals surface area contributed by atoms with Crippen LogP contribution in [-0.4, -0.2) is 15.8 Å². The number of carbonyl (C=O) groups excluding carboxylic acids is 1. The minimum absolute atomic E-state index is 0.0142. The second kappa shape index (κ2) is 5.05. The summed E-state index contributed by atoms with van der Waals surface area (Å²) >= 11 is 2.75. The molecular formula is C9H8BrF2O5P. The number of ether oxygens (including phenoxy) is 1. The maximum absolute atomic E-state index is 13.4. The first-order valence-corrected chi connectivity index (χ1v) is 6.88. The Labute approximate surface area is 109 Å². The molecule has 2 N–H and O–H groups in total. The summed E-state index contributed by atoms with van der Waals surface area (Å²) < 4.78 is 41.9. The summed E-state index contributed by atoms with van der Waals surface area (Å²) in [6, 6.07) is 2.83. The largest absolute Gasteiger partial charge is 0.427 e. The maximum Gasteiger partial charge on any atom is 0.399 e. The normalized spacial score (nSPS) is 12.3. The van der Waals surface area contributed by atoms with Gasteiger partial charge in [-0.05, 0) is 18.2 Å². The van der Waals surface area contributed by atoms with E-state index >= 15 is 0 Å². The predicted octanol–water partition coefficient (Wildman–Crippen LogP) is 2.60. The quantitative estimate of drug-likeness (QED) is 0.500. The first-order valence-electron chi connectivity index (χ1n) is 4.47. The SMILES string of the molecule is CC(=O)Oc1ccc(C(F)(F)P(=O)(O)O)c(Br)c1. The van der Waals surface area contributed by atoms with Gasteiger partial charge in [-0.2, -0.15) is 8.78 Å². The molecule has 1 aromatic carbocycles. The molecule has 0 bridgehead atoms. The summed E-state index contributed by atoms with van der Waals surface area (Å²) in [6.07, 6.45) is 0. The average molecular weight is 345 g/mol. The van der Waals surface area contributed by atoms with Crippen molar-refractivity contribution in [1.29, 1.82) is 0 Å². The fraction of sp³-hybridized carbons (Fsp3) is 0.222. The summed E-state index contributed by atoms with van der Waals surface area (Å²) in [5, 5.41) is 0. The smallest absolute Gasteiger partial charge is 0.399 e. The van der Waals surface area contributed by atoms with Crippen molar-refractivity contribution in [3.63, 3.8) is 0 Å². The zero-order valence-corrected chi connectivity index (χ0v) is 11.4. The number of hydrogen-bond donors (Lipinski definition) is 2. The van der Waals surface area contributed by atoms with Crippen LogP contribution in [0.5, 0.6) is 5.75 Å². The zero-order chi connectivity index (χ0) is 14.1. The van der Waals surface area contributed by atoms with Crippen molar-refractivity contribution < 1.29 is 32.7 Å². The molecule has 0 saturated heterocycles. The Morgan fingerprint density at radius 3 is 2.39 bits per heavy atom. The van der Waals surface area contributed by atoms with E-state index in [4.69, 9.17) is 9.79 Å². The van der Waals surface area contributed by atoms with Crippen LogP contribution in [0.1, 0.15) is 12.5 Å². The van der Waals surface area contributed by atoms with Gasteiger partial charge < -0.3 is 14.5 Å². The Morgan fingerprint density at radius 2 is 2.00 bits per heavy atom. The maximum atomic E-state index is 13.4. The molecular weight excluding hydrogens is 337 g/mol. The Balaban J connectivity index is 3.22. The predicted molar refractivity (Wildman–Crippen MR) is 61.4 cm³/mol. The molecule has 0 unspecified atom stereocenters. The fourth-order valence-corrected chi connectivity index (χ4v) is 2.39. The summed E-state index contributed by atoms with van der Waals surface area (Å²) in [4.78, 5) is 27.8. The van der Waals surface area contributed by atoms with Crippen molar-refractivity contribution in [2.45, 2.75) is 12.6 Å². The van der Waals surface area contributed by atoms with Crippen LogP contribution in [-0.2, 0) is 15.0 Å². The Kier molecular flexibility index (Phi) is 4.27. The molecule has 0 radical (unpaired) electrons. The van der Waals surface area contributed by atoms with Crippen LogP contribution < -0.4 is 4.74 Å². The van der Waals surface area contributed by atoms with Crippen LogP contribution in [0.15, 0.2) is 22.7 Å². The van der Waals surface area contributed by atoms with Gasteiger partial charge in [0.05, 0.1) is 0 Å². The van der Waals surface area contributed by atoms with E-state index < -0.39 is 24.8 Å². The lowest BCUT2D eigenvalue weighted by atomic mass is 10.2. The third-order valence-corrected chi connectivity index (χ3v) is 3.52. The van der Waals surface area contributed by atoms with E-state index in [1.807, 2.05) is 0 Å². The second-order valence-electron chi connectivity index (χ2n) is 3.32. The molecule has 18 heavy (non-hydrogen) atoms. The van der Waals surface area contributed by atoms with E-state index in [2.05, 4.69) is 20.7 Å². The van der Waals surface area contributed by atoms with E-state index in [1.54, 1.807) is 0 Å². The topological polar surface area (TPSA) is 83.8 Å². The third-order valence-electron chi connectivity index (χ3n) is 1.89. The number of esters is 1. The van der Waals surface area contributed by atoms with Gasteiger partial charge in [-0.1, -0.05) is 15.9 Å². The van der Waals surface area contributed by atoms with E-state index in [9.17, 15) is 18.1 Å². The van der Waals surface area contributed by atoms with Gasteiger partial charge in [-0.3, -0.25) is 9.36 Å². The average Bonchev–Trinajstić information content (AvgIpc) is 2.13. The zero-order valence-electron chi connectivity index (χ0n) is 8.93. The van der Waals surface area contributed by atoms with Crippen molar-refractivity contribution >= 4 is 29.5 Å². The number of rotatable bonds is 3. The molecule has 9 heteroatoms. The molecule has 0 saturated carbocycles. The first kappa shape index (κ1) is 15.2. The Bertz CT molecular complexity index is 528. The molecule has 0 aliphatic heterocycles. The number of halogens is 3. The first-order chi connectivity index (χ1) is 8.05. The van der Waals surface area contributed by atoms with E-state index in [1.165, 1.54) is 0 Å². The van der Waals surface area contributed by atoms with E-state index in [0.717, 1.165) is 25.1 Å². The van der Waals surface area contributed by atoms with Crippen molar-refractivity contribution in [3.05, 3.63) is 28.2 Å². The van der Waals surface area contributed by atoms with Gasteiger partial charge in [-0.25, -0.2) is 0 Å². The van der Waals surface area contributed by atoms with Crippen molar-refractivity contribution in [1.82, 2.24) is 0 Å². The lowest BCUT2D eigenvalue weighted by Crippen LogP contribution is -2.14. The van der Waals surface area contributed by atoms with Crippen LogP contribution in [0.3, 0.4) is 0 Å². The van der Waals surface area contributed by atoms with Gasteiger partial charge in [0.1, 0.15) is 5.75 Å². The standard InChI is InChI=1S/C9H8BrF2O5P/c1-5(13)17-6-2-3-7(8(10)4-6)9(11,12)18(14,15)16/h2-4H,1H3,(H2,14,15,16). The number of alkyl halides is 2. The van der Waals surface area contributed by atoms with E-state index in [0.29, 0.717) is 0 Å². The van der Waals surface area contributed by atoms with Crippen LogP contribution >= 0.6 is 23.5 Å². The van der Waals surface area contributed by atoms with Gasteiger partial charge in [0.15, 0.2) is 0 Å². The van der Waals surface area contributed by atoms with Crippen molar-refractivity contribution in [2.24, 2.45) is 0 Å². The van der Waals surface area contributed by atoms with Crippen LogP contribution in [0.4, 0.5) is 8.78 Å². The molecule has 0 heterocycles. The molecule has 1 rings (SSSR count). The highest BCUT2D eigenvalue weighted by Crippen LogP contribution is 2.60. The molecule has 0 amide bonds. The molecule has 0 aromatic heterocycles. The summed E-state index contributed by atoms with van der Waals surface area (Å²) in [7, 11) is -5.63. The summed E-state index contributed by atoms with van der Waals surface area (Å²) in [5.74, 6) is -0.656. The van der Waals surface area contributed by atoms with Gasteiger partial charge in [0.25, 0.3) is 0 Å². The minimum atomic E-state index is -5.63. The molecule has 0 spiro atoms. The summed E-state index contributed by atoms with van der Waals surface area (Å²) in [5.41, 5.74) is -5.20. The molecule has 0 fully saturated rings. The fourth-order valence-electron chi connectivity index (χ4n) is 1.13. The summed E-state index contributed by atoms with van der Waals surface area (Å²) in [6.45, 7) is 1.13. The highest BCUT2D eigenvalue weighted by atomic mass is 79.9. The number of hydrogen-bond acceptors (Lipinski definition) is 3. The second-order valence-corrected chi connectivity index (χ2v) is 5.82. The highest BCUT2D eigenvalue weighted by Gasteiger charge is 2.51.